The summed E-state index contributed by atoms with van der Waals surface area (Å²) in [5, 5.41) is 17.4. The van der Waals surface area contributed by atoms with Gasteiger partial charge in [0.15, 0.2) is 0 Å². The van der Waals surface area contributed by atoms with Crippen LogP contribution in [0.5, 0.6) is 0 Å². The van der Waals surface area contributed by atoms with Gasteiger partial charge in [-0.1, -0.05) is 12.7 Å². The summed E-state index contributed by atoms with van der Waals surface area (Å²) in [7, 11) is 5.09. The quantitative estimate of drug-likeness (QED) is 0.356. The van der Waals surface area contributed by atoms with E-state index in [1.807, 2.05) is 0 Å². The summed E-state index contributed by atoms with van der Waals surface area (Å²) in [6.45, 7) is 3.11. The Balaban J connectivity index is 0. The van der Waals surface area contributed by atoms with E-state index in [9.17, 15) is 0 Å². The molecule has 0 aromatic rings. The van der Waals surface area contributed by atoms with Crippen LogP contribution >= 0.6 is 0 Å². The Morgan fingerprint density at radius 3 is 2.55 bits per heavy atom. The van der Waals surface area contributed by atoms with E-state index in [0.29, 0.717) is 5.57 Å². The van der Waals surface area contributed by atoms with Crippen molar-refractivity contribution in [3.63, 3.8) is 0 Å². The van der Waals surface area contributed by atoms with E-state index in [0.717, 1.165) is 0 Å². The SMILES string of the molecule is [B][CH-]C(=C=C)[C@@H](O)[CH-]CO.[V+2]. The second-order valence-corrected chi connectivity index (χ2v) is 1.66. The van der Waals surface area contributed by atoms with Gasteiger partial charge in [0, 0.05) is 0 Å². The molecule has 0 saturated heterocycles. The predicted octanol–water partition coefficient (Wildman–Crippen LogP) is -0.417. The first-order chi connectivity index (χ1) is 4.76. The zero-order valence-electron chi connectivity index (χ0n) is 6.07. The van der Waals surface area contributed by atoms with E-state index in [-0.39, 0.29) is 25.2 Å². The van der Waals surface area contributed by atoms with Crippen molar-refractivity contribution in [3.05, 3.63) is 30.6 Å². The first-order valence-electron chi connectivity index (χ1n) is 2.83. The zero-order valence-corrected chi connectivity index (χ0v) is 7.46. The van der Waals surface area contributed by atoms with Crippen LogP contribution in [0.15, 0.2) is 17.9 Å². The molecule has 2 nitrogen and oxygen atoms in total. The van der Waals surface area contributed by atoms with Crippen molar-refractivity contribution in [2.24, 2.45) is 0 Å². The molecule has 0 aliphatic rings. The van der Waals surface area contributed by atoms with Gasteiger partial charge in [-0.05, 0) is 7.85 Å². The summed E-state index contributed by atoms with van der Waals surface area (Å²) < 4.78 is 0. The molecule has 0 rings (SSSR count). The minimum Gasteiger partial charge on any atom is -0.428 e. The van der Waals surface area contributed by atoms with Gasteiger partial charge in [-0.3, -0.25) is 12.7 Å². The second kappa shape index (κ2) is 8.06. The summed E-state index contributed by atoms with van der Waals surface area (Å²) in [5.74, 6) is 0. The molecule has 1 atom stereocenters. The average molecular weight is 187 g/mol. The molecule has 2 N–H and O–H groups in total. The molecule has 0 aromatic carbocycles. The molecule has 0 aliphatic carbocycles. The fraction of sp³-hybridized carbons (Fsp3) is 0.286. The number of rotatable bonds is 4. The van der Waals surface area contributed by atoms with Crippen LogP contribution in [-0.2, 0) is 18.6 Å². The van der Waals surface area contributed by atoms with Crippen LogP contribution in [0.25, 0.3) is 0 Å². The third-order valence-electron chi connectivity index (χ3n) is 1.03. The molecule has 57 valence electrons. The van der Waals surface area contributed by atoms with Crippen LogP contribution in [-0.4, -0.2) is 30.8 Å². The van der Waals surface area contributed by atoms with Crippen molar-refractivity contribution in [1.29, 1.82) is 0 Å². The van der Waals surface area contributed by atoms with Crippen molar-refractivity contribution >= 4 is 7.85 Å². The fourth-order valence-electron chi connectivity index (χ4n) is 0.489. The smallest absolute Gasteiger partial charge is 0.428 e. The Kier molecular flexibility index (Phi) is 9.92. The van der Waals surface area contributed by atoms with Crippen LogP contribution in [0.3, 0.4) is 0 Å². The molecular weight excluding hydrogens is 178 g/mol. The van der Waals surface area contributed by atoms with E-state index in [2.05, 4.69) is 12.3 Å². The summed E-state index contributed by atoms with van der Waals surface area (Å²) in [5.41, 5.74) is 2.80. The van der Waals surface area contributed by atoms with Gasteiger partial charge in [0.25, 0.3) is 0 Å². The molecule has 0 fully saturated rings. The third kappa shape index (κ3) is 5.25. The van der Waals surface area contributed by atoms with Crippen molar-refractivity contribution in [3.8, 4) is 0 Å². The summed E-state index contributed by atoms with van der Waals surface area (Å²) in [6, 6.07) is 0. The van der Waals surface area contributed by atoms with Gasteiger partial charge in [-0.25, -0.2) is 0 Å². The Hall–Kier alpha value is -0.0406. The van der Waals surface area contributed by atoms with Crippen LogP contribution in [0, 0.1) is 12.7 Å². The van der Waals surface area contributed by atoms with Crippen molar-refractivity contribution in [2.45, 2.75) is 6.10 Å². The van der Waals surface area contributed by atoms with E-state index in [4.69, 9.17) is 18.1 Å². The molecule has 0 unspecified atom stereocenters. The van der Waals surface area contributed by atoms with Crippen molar-refractivity contribution in [1.82, 2.24) is 0 Å². The third-order valence-corrected chi connectivity index (χ3v) is 1.03. The van der Waals surface area contributed by atoms with Crippen LogP contribution in [0.1, 0.15) is 0 Å². The number of aliphatic hydroxyl groups excluding tert-OH is 2. The van der Waals surface area contributed by atoms with Gasteiger partial charge in [-0.2, -0.15) is 12.2 Å². The van der Waals surface area contributed by atoms with E-state index >= 15 is 0 Å². The van der Waals surface area contributed by atoms with E-state index < -0.39 is 6.10 Å². The van der Waals surface area contributed by atoms with Gasteiger partial charge < -0.3 is 15.9 Å². The van der Waals surface area contributed by atoms with E-state index in [1.165, 1.54) is 12.7 Å². The molecule has 0 heterocycles. The maximum atomic E-state index is 9.04. The topological polar surface area (TPSA) is 40.5 Å². The second-order valence-electron chi connectivity index (χ2n) is 1.66. The first kappa shape index (κ1) is 13.5. The van der Waals surface area contributed by atoms with Gasteiger partial charge >= 0.3 is 18.6 Å². The Labute approximate surface area is 80.3 Å². The molecule has 0 amide bonds. The first-order valence-corrected chi connectivity index (χ1v) is 2.83. The number of aliphatic hydroxyl groups is 2. The minimum absolute atomic E-state index is 0. The summed E-state index contributed by atoms with van der Waals surface area (Å²) >= 11 is 0. The largest absolute Gasteiger partial charge is 2.00 e. The standard InChI is InChI=1S/C7H9BO2.V/c1-2-6(5-8)7(10)3-4-9;/h3,5,7,9-10H,1,4H2;/q-2;+2/t7-;/m0./s1. The molecule has 4 heteroatoms. The van der Waals surface area contributed by atoms with Crippen LogP contribution in [0.4, 0.5) is 0 Å². The predicted molar refractivity (Wildman–Crippen MR) is 40.1 cm³/mol. The normalized spacial score (nSPS) is 10.7. The van der Waals surface area contributed by atoms with Gasteiger partial charge in [0.1, 0.15) is 0 Å². The maximum absolute atomic E-state index is 9.04. The Morgan fingerprint density at radius 2 is 2.27 bits per heavy atom. The molecular formula is C7H9BO2V. The van der Waals surface area contributed by atoms with Crippen molar-refractivity contribution < 1.29 is 28.8 Å². The minimum atomic E-state index is -0.868. The number of hydrogen-bond acceptors (Lipinski definition) is 2. The van der Waals surface area contributed by atoms with Crippen LogP contribution < -0.4 is 0 Å². The molecule has 3 radical (unpaired) electrons. The van der Waals surface area contributed by atoms with Crippen molar-refractivity contribution in [2.75, 3.05) is 6.61 Å². The Morgan fingerprint density at radius 1 is 1.73 bits per heavy atom. The molecule has 0 saturated carbocycles. The maximum Gasteiger partial charge on any atom is 2.00 e. The molecule has 0 aromatic heterocycles. The zero-order chi connectivity index (χ0) is 7.98. The average Bonchev–Trinajstić information content (AvgIpc) is 1.91. The van der Waals surface area contributed by atoms with E-state index in [1.54, 1.807) is 0 Å². The number of hydrogen-bond donors (Lipinski definition) is 2. The summed E-state index contributed by atoms with van der Waals surface area (Å²) in [6.07, 6.45) is 1.62. The van der Waals surface area contributed by atoms with Crippen LogP contribution in [0.2, 0.25) is 0 Å². The summed E-state index contributed by atoms with van der Waals surface area (Å²) in [4.78, 5) is 0. The molecule has 0 bridgehead atoms. The molecule has 0 spiro atoms. The van der Waals surface area contributed by atoms with Gasteiger partial charge in [0.05, 0.1) is 0 Å². The van der Waals surface area contributed by atoms with Gasteiger partial charge in [-0.15, -0.1) is 0 Å². The monoisotopic (exact) mass is 187 g/mol. The molecule has 0 aliphatic heterocycles. The fourth-order valence-corrected chi connectivity index (χ4v) is 0.489. The molecule has 11 heavy (non-hydrogen) atoms. The Bertz CT molecular complexity index is 143. The van der Waals surface area contributed by atoms with Gasteiger partial charge in [0.2, 0.25) is 0 Å².